The number of carbonyl (C=O) groups excluding carboxylic acids is 1. The predicted molar refractivity (Wildman–Crippen MR) is 92.3 cm³/mol. The monoisotopic (exact) mass is 322 g/mol. The molecule has 2 aromatic rings. The molecule has 2 aromatic heterocycles. The number of H-pyrrole nitrogens is 1. The van der Waals surface area contributed by atoms with Gasteiger partial charge in [-0.25, -0.2) is 4.98 Å². The fourth-order valence-electron chi connectivity index (χ4n) is 3.19. The van der Waals surface area contributed by atoms with Gasteiger partial charge < -0.3 is 10.3 Å². The van der Waals surface area contributed by atoms with E-state index >= 15 is 0 Å². The van der Waals surface area contributed by atoms with Crippen LogP contribution in [0, 0.1) is 11.3 Å². The third-order valence-electron chi connectivity index (χ3n) is 4.58. The number of hydrogen-bond donors (Lipinski definition) is 2. The largest absolute Gasteiger partial charge is 0.357 e. The lowest BCUT2D eigenvalue weighted by molar-refractivity contribution is 0.0926. The Balaban J connectivity index is 1.65. The lowest BCUT2D eigenvalue weighted by Gasteiger charge is -2.20. The molecule has 1 fully saturated rings. The summed E-state index contributed by atoms with van der Waals surface area (Å²) in [5.74, 6) is -0.0478. The van der Waals surface area contributed by atoms with Gasteiger partial charge in [0.25, 0.3) is 5.91 Å². The average Bonchev–Trinajstić information content (AvgIpc) is 3.07. The van der Waals surface area contributed by atoms with Crippen LogP contribution in [0.15, 0.2) is 30.6 Å². The highest BCUT2D eigenvalue weighted by atomic mass is 16.1. The zero-order valence-corrected chi connectivity index (χ0v) is 13.7. The standard InChI is InChI=1S/C19H22N4O/c20-11-17-9-8-14(12-21-17)15-10-18(22-13-15)19(24)23-16-6-4-2-1-3-5-7-16/h8-10,12-13,16,22H,1-7H2,(H,23,24). The van der Waals surface area contributed by atoms with Crippen LogP contribution < -0.4 is 5.32 Å². The zero-order chi connectivity index (χ0) is 16.8. The van der Waals surface area contributed by atoms with Gasteiger partial charge in [-0.05, 0) is 31.0 Å². The summed E-state index contributed by atoms with van der Waals surface area (Å²) in [4.78, 5) is 19.6. The second-order valence-electron chi connectivity index (χ2n) is 6.36. The first kappa shape index (κ1) is 16.3. The Hall–Kier alpha value is -2.61. The summed E-state index contributed by atoms with van der Waals surface area (Å²) in [6.07, 6.45) is 11.8. The van der Waals surface area contributed by atoms with Crippen LogP contribution >= 0.6 is 0 Å². The van der Waals surface area contributed by atoms with E-state index in [0.29, 0.717) is 11.4 Å². The summed E-state index contributed by atoms with van der Waals surface area (Å²) in [7, 11) is 0. The Morgan fingerprint density at radius 1 is 1.17 bits per heavy atom. The fourth-order valence-corrected chi connectivity index (χ4v) is 3.19. The van der Waals surface area contributed by atoms with Gasteiger partial charge in [0.15, 0.2) is 0 Å². The molecule has 0 radical (unpaired) electrons. The molecule has 5 nitrogen and oxygen atoms in total. The lowest BCUT2D eigenvalue weighted by atomic mass is 9.96. The van der Waals surface area contributed by atoms with Crippen LogP contribution in [0.3, 0.4) is 0 Å². The first-order valence-corrected chi connectivity index (χ1v) is 8.62. The van der Waals surface area contributed by atoms with Gasteiger partial charge in [0.2, 0.25) is 0 Å². The van der Waals surface area contributed by atoms with E-state index in [9.17, 15) is 4.79 Å². The third-order valence-corrected chi connectivity index (χ3v) is 4.58. The second-order valence-corrected chi connectivity index (χ2v) is 6.36. The average molecular weight is 322 g/mol. The van der Waals surface area contributed by atoms with Crippen LogP contribution in [0.5, 0.6) is 0 Å². The summed E-state index contributed by atoms with van der Waals surface area (Å²) in [5.41, 5.74) is 2.73. The summed E-state index contributed by atoms with van der Waals surface area (Å²) in [6, 6.07) is 7.63. The highest BCUT2D eigenvalue weighted by molar-refractivity contribution is 5.94. The number of nitrogens with one attached hydrogen (secondary N) is 2. The molecule has 1 amide bonds. The van der Waals surface area contributed by atoms with Crippen LogP contribution in [0.1, 0.15) is 61.1 Å². The van der Waals surface area contributed by atoms with E-state index in [1.165, 1.54) is 32.1 Å². The van der Waals surface area contributed by atoms with Crippen LogP contribution in [-0.2, 0) is 0 Å². The zero-order valence-electron chi connectivity index (χ0n) is 13.7. The molecule has 24 heavy (non-hydrogen) atoms. The maximum Gasteiger partial charge on any atom is 0.267 e. The van der Waals surface area contributed by atoms with Gasteiger partial charge in [-0.1, -0.05) is 32.1 Å². The van der Waals surface area contributed by atoms with Crippen molar-refractivity contribution in [2.24, 2.45) is 0 Å². The van der Waals surface area contributed by atoms with Crippen molar-refractivity contribution < 1.29 is 4.79 Å². The van der Waals surface area contributed by atoms with Gasteiger partial charge in [-0.15, -0.1) is 0 Å². The SMILES string of the molecule is N#Cc1ccc(-c2c[nH]c(C(=O)NC3CCCCCCC3)c2)cn1. The fraction of sp³-hybridized carbons (Fsp3) is 0.421. The topological polar surface area (TPSA) is 81.6 Å². The molecule has 0 spiro atoms. The molecular formula is C19H22N4O. The van der Waals surface area contributed by atoms with Crippen molar-refractivity contribution in [3.05, 3.63) is 42.0 Å². The van der Waals surface area contributed by atoms with Crippen molar-refractivity contribution in [3.63, 3.8) is 0 Å². The number of aromatic amines is 1. The first-order chi connectivity index (χ1) is 11.8. The molecule has 2 N–H and O–H groups in total. The smallest absolute Gasteiger partial charge is 0.267 e. The number of carbonyl (C=O) groups is 1. The van der Waals surface area contributed by atoms with Crippen molar-refractivity contribution in [1.82, 2.24) is 15.3 Å². The molecule has 0 bridgehead atoms. The number of aromatic nitrogens is 2. The molecule has 1 aliphatic rings. The Morgan fingerprint density at radius 3 is 2.58 bits per heavy atom. The highest BCUT2D eigenvalue weighted by Gasteiger charge is 2.16. The number of rotatable bonds is 3. The van der Waals surface area contributed by atoms with Crippen molar-refractivity contribution in [1.29, 1.82) is 5.26 Å². The normalized spacial score (nSPS) is 16.0. The minimum Gasteiger partial charge on any atom is -0.357 e. The van der Waals surface area contributed by atoms with Gasteiger partial charge in [-0.2, -0.15) is 5.26 Å². The van der Waals surface area contributed by atoms with Crippen LogP contribution in [0.25, 0.3) is 11.1 Å². The number of hydrogen-bond acceptors (Lipinski definition) is 3. The lowest BCUT2D eigenvalue weighted by Crippen LogP contribution is -2.35. The molecule has 2 heterocycles. The van der Waals surface area contributed by atoms with Gasteiger partial charge in [-0.3, -0.25) is 4.79 Å². The Bertz CT molecular complexity index is 719. The molecule has 3 rings (SSSR count). The summed E-state index contributed by atoms with van der Waals surface area (Å²) >= 11 is 0. The second kappa shape index (κ2) is 7.78. The van der Waals surface area contributed by atoms with E-state index in [-0.39, 0.29) is 11.9 Å². The van der Waals surface area contributed by atoms with Crippen molar-refractivity contribution in [2.75, 3.05) is 0 Å². The van der Waals surface area contributed by atoms with E-state index in [4.69, 9.17) is 5.26 Å². The molecule has 124 valence electrons. The van der Waals surface area contributed by atoms with Gasteiger partial charge >= 0.3 is 0 Å². The molecular weight excluding hydrogens is 300 g/mol. The van der Waals surface area contributed by atoms with E-state index < -0.39 is 0 Å². The molecule has 0 aromatic carbocycles. The van der Waals surface area contributed by atoms with Crippen molar-refractivity contribution in [3.8, 4) is 17.2 Å². The maximum absolute atomic E-state index is 12.5. The third kappa shape index (κ3) is 4.02. The van der Waals surface area contributed by atoms with Crippen LogP contribution in [0.4, 0.5) is 0 Å². The number of nitriles is 1. The van der Waals surface area contributed by atoms with Gasteiger partial charge in [0, 0.05) is 29.6 Å². The summed E-state index contributed by atoms with van der Waals surface area (Å²) in [5, 5.41) is 12.0. The first-order valence-electron chi connectivity index (χ1n) is 8.62. The molecule has 5 heteroatoms. The maximum atomic E-state index is 12.5. The minimum absolute atomic E-state index is 0.0478. The number of nitrogens with zero attached hydrogens (tertiary/aromatic N) is 2. The summed E-state index contributed by atoms with van der Waals surface area (Å²) in [6.45, 7) is 0. The highest BCUT2D eigenvalue weighted by Crippen LogP contribution is 2.21. The number of pyridine rings is 1. The number of amides is 1. The van der Waals surface area contributed by atoms with Crippen LogP contribution in [-0.4, -0.2) is 21.9 Å². The molecule has 0 aliphatic heterocycles. The molecule has 0 unspecified atom stereocenters. The Labute approximate surface area is 142 Å². The molecule has 0 saturated heterocycles. The Kier molecular flexibility index (Phi) is 5.27. The van der Waals surface area contributed by atoms with Gasteiger partial charge in [0.1, 0.15) is 17.5 Å². The quantitative estimate of drug-likeness (QED) is 0.902. The van der Waals surface area contributed by atoms with E-state index in [1.54, 1.807) is 18.5 Å². The van der Waals surface area contributed by atoms with E-state index in [0.717, 1.165) is 24.0 Å². The molecule has 0 atom stereocenters. The van der Waals surface area contributed by atoms with Gasteiger partial charge in [0.05, 0.1) is 0 Å². The van der Waals surface area contributed by atoms with Crippen LogP contribution in [0.2, 0.25) is 0 Å². The minimum atomic E-state index is -0.0478. The molecule has 1 aliphatic carbocycles. The van der Waals surface area contributed by atoms with E-state index in [2.05, 4.69) is 15.3 Å². The molecule has 1 saturated carbocycles. The Morgan fingerprint density at radius 2 is 1.92 bits per heavy atom. The van der Waals surface area contributed by atoms with Crippen molar-refractivity contribution in [2.45, 2.75) is 51.0 Å². The predicted octanol–water partition coefficient (Wildman–Crippen LogP) is 3.79. The van der Waals surface area contributed by atoms with Crippen molar-refractivity contribution >= 4 is 5.91 Å². The van der Waals surface area contributed by atoms with E-state index in [1.807, 2.05) is 18.2 Å². The summed E-state index contributed by atoms with van der Waals surface area (Å²) < 4.78 is 0.